The zero-order valence-electron chi connectivity index (χ0n) is 15.0. The minimum atomic E-state index is -3.16. The molecule has 0 amide bonds. The summed E-state index contributed by atoms with van der Waals surface area (Å²) in [6.45, 7) is 7.15. The lowest BCUT2D eigenvalue weighted by atomic mass is 10.1. The molecule has 0 fully saturated rings. The Morgan fingerprint density at radius 3 is 2.84 bits per heavy atom. The van der Waals surface area contributed by atoms with Crippen molar-refractivity contribution in [2.75, 3.05) is 19.3 Å². The molecule has 2 aromatic rings. The maximum absolute atomic E-state index is 11.3. The first-order valence-corrected chi connectivity index (χ1v) is 10.4. The first-order valence-electron chi connectivity index (χ1n) is 8.54. The van der Waals surface area contributed by atoms with E-state index < -0.39 is 10.0 Å². The summed E-state index contributed by atoms with van der Waals surface area (Å²) in [5.41, 5.74) is 2.35. The van der Waals surface area contributed by atoms with Crippen molar-refractivity contribution in [3.63, 3.8) is 0 Å². The van der Waals surface area contributed by atoms with E-state index in [2.05, 4.69) is 39.9 Å². The Labute approximate surface area is 148 Å². The molecule has 1 aliphatic heterocycles. The molecule has 0 bridgehead atoms. The summed E-state index contributed by atoms with van der Waals surface area (Å²) in [6.07, 6.45) is 7.73. The van der Waals surface area contributed by atoms with E-state index in [1.165, 1.54) is 11.8 Å². The lowest BCUT2D eigenvalue weighted by molar-refractivity contribution is 0.162. The molecule has 1 aliphatic rings. The SMILES string of the molecule is CC(C)n1cc(CN2Cc3ccnn3[C@@H](CCNS(C)(=O)=O)C2)cn1. The van der Waals surface area contributed by atoms with Gasteiger partial charge in [0.15, 0.2) is 0 Å². The number of fused-ring (bicyclic) bond motifs is 1. The third-order valence-electron chi connectivity index (χ3n) is 4.38. The van der Waals surface area contributed by atoms with E-state index in [1.54, 1.807) is 0 Å². The summed E-state index contributed by atoms with van der Waals surface area (Å²) >= 11 is 0. The van der Waals surface area contributed by atoms with E-state index in [9.17, 15) is 8.42 Å². The van der Waals surface area contributed by atoms with Crippen molar-refractivity contribution in [2.24, 2.45) is 0 Å². The quantitative estimate of drug-likeness (QED) is 0.795. The number of hydrogen-bond donors (Lipinski definition) is 1. The third-order valence-corrected chi connectivity index (χ3v) is 5.11. The van der Waals surface area contributed by atoms with E-state index in [4.69, 9.17) is 0 Å². The average Bonchev–Trinajstić information content (AvgIpc) is 3.14. The van der Waals surface area contributed by atoms with Crippen molar-refractivity contribution < 1.29 is 8.42 Å². The van der Waals surface area contributed by atoms with Crippen LogP contribution in [0.15, 0.2) is 24.7 Å². The first-order chi connectivity index (χ1) is 11.8. The van der Waals surface area contributed by atoms with Crippen molar-refractivity contribution in [3.8, 4) is 0 Å². The molecule has 1 atom stereocenters. The molecule has 0 spiro atoms. The van der Waals surface area contributed by atoms with Gasteiger partial charge < -0.3 is 0 Å². The number of hydrogen-bond acceptors (Lipinski definition) is 5. The zero-order chi connectivity index (χ0) is 18.0. The van der Waals surface area contributed by atoms with Gasteiger partial charge in [-0.3, -0.25) is 14.3 Å². The van der Waals surface area contributed by atoms with Crippen LogP contribution in [0.25, 0.3) is 0 Å². The fourth-order valence-corrected chi connectivity index (χ4v) is 3.70. The molecular weight excluding hydrogens is 340 g/mol. The van der Waals surface area contributed by atoms with Crippen LogP contribution < -0.4 is 4.72 Å². The van der Waals surface area contributed by atoms with Gasteiger partial charge in [0.2, 0.25) is 10.0 Å². The van der Waals surface area contributed by atoms with Gasteiger partial charge in [-0.1, -0.05) is 0 Å². The van der Waals surface area contributed by atoms with Crippen LogP contribution in [0.1, 0.15) is 43.6 Å². The molecule has 0 saturated carbocycles. The van der Waals surface area contributed by atoms with Crippen molar-refractivity contribution in [2.45, 2.75) is 45.4 Å². The largest absolute Gasteiger partial charge is 0.291 e. The van der Waals surface area contributed by atoms with Crippen LogP contribution in [0.3, 0.4) is 0 Å². The Balaban J connectivity index is 1.66. The highest BCUT2D eigenvalue weighted by molar-refractivity contribution is 7.88. The second-order valence-corrected chi connectivity index (χ2v) is 8.80. The fourth-order valence-electron chi connectivity index (χ4n) is 3.21. The zero-order valence-corrected chi connectivity index (χ0v) is 15.8. The van der Waals surface area contributed by atoms with E-state index in [0.717, 1.165) is 25.3 Å². The number of nitrogens with one attached hydrogen (secondary N) is 1. The van der Waals surface area contributed by atoms with Gasteiger partial charge in [-0.25, -0.2) is 13.1 Å². The molecular formula is C16H26N6O2S. The van der Waals surface area contributed by atoms with Gasteiger partial charge in [0, 0.05) is 50.2 Å². The molecule has 8 nitrogen and oxygen atoms in total. The molecule has 3 rings (SSSR count). The van der Waals surface area contributed by atoms with Gasteiger partial charge in [-0.05, 0) is 26.3 Å². The lowest BCUT2D eigenvalue weighted by Crippen LogP contribution is -2.38. The van der Waals surface area contributed by atoms with E-state index in [0.29, 0.717) is 19.0 Å². The number of rotatable bonds is 7. The highest BCUT2D eigenvalue weighted by Crippen LogP contribution is 2.24. The van der Waals surface area contributed by atoms with Gasteiger partial charge in [-0.15, -0.1) is 0 Å². The maximum atomic E-state index is 11.3. The molecule has 3 heterocycles. The summed E-state index contributed by atoms with van der Waals surface area (Å²) in [5, 5.41) is 8.83. The molecule has 25 heavy (non-hydrogen) atoms. The monoisotopic (exact) mass is 366 g/mol. The second-order valence-electron chi connectivity index (χ2n) is 6.97. The van der Waals surface area contributed by atoms with Crippen molar-refractivity contribution >= 4 is 10.0 Å². The van der Waals surface area contributed by atoms with Crippen LogP contribution in [-0.4, -0.2) is 52.2 Å². The Hall–Kier alpha value is -1.71. The third kappa shape index (κ3) is 4.68. The lowest BCUT2D eigenvalue weighted by Gasteiger charge is -2.33. The molecule has 0 aromatic carbocycles. The maximum Gasteiger partial charge on any atom is 0.208 e. The molecule has 9 heteroatoms. The summed E-state index contributed by atoms with van der Waals surface area (Å²) in [4.78, 5) is 2.36. The van der Waals surface area contributed by atoms with Crippen molar-refractivity contribution in [1.29, 1.82) is 0 Å². The van der Waals surface area contributed by atoms with Gasteiger partial charge >= 0.3 is 0 Å². The van der Waals surface area contributed by atoms with Crippen molar-refractivity contribution in [3.05, 3.63) is 35.9 Å². The number of nitrogens with zero attached hydrogens (tertiary/aromatic N) is 5. The van der Waals surface area contributed by atoms with E-state index in [-0.39, 0.29) is 6.04 Å². The van der Waals surface area contributed by atoms with Gasteiger partial charge in [0.05, 0.1) is 24.2 Å². The van der Waals surface area contributed by atoms with Gasteiger partial charge in [0.1, 0.15) is 0 Å². The predicted molar refractivity (Wildman–Crippen MR) is 95.5 cm³/mol. The van der Waals surface area contributed by atoms with E-state index in [1.807, 2.05) is 27.8 Å². The van der Waals surface area contributed by atoms with Gasteiger partial charge in [0.25, 0.3) is 0 Å². The predicted octanol–water partition coefficient (Wildman–Crippen LogP) is 1.16. The molecule has 0 unspecified atom stereocenters. The molecule has 138 valence electrons. The van der Waals surface area contributed by atoms with Crippen LogP contribution in [0, 0.1) is 0 Å². The standard InChI is InChI=1S/C16H26N6O2S/c1-13(2)21-10-14(8-18-21)9-20-11-15-4-6-17-22(15)16(12-20)5-7-19-25(3,23)24/h4,6,8,10,13,16,19H,5,7,9,11-12H2,1-3H3/t16-/m0/s1. The minimum Gasteiger partial charge on any atom is -0.291 e. The first kappa shape index (κ1) is 18.1. The summed E-state index contributed by atoms with van der Waals surface area (Å²) in [6, 6.07) is 2.54. The second kappa shape index (κ2) is 7.27. The van der Waals surface area contributed by atoms with E-state index >= 15 is 0 Å². The van der Waals surface area contributed by atoms with Crippen LogP contribution in [0.5, 0.6) is 0 Å². The van der Waals surface area contributed by atoms with Crippen LogP contribution in [0.2, 0.25) is 0 Å². The van der Waals surface area contributed by atoms with Crippen LogP contribution in [0.4, 0.5) is 0 Å². The highest BCUT2D eigenvalue weighted by atomic mass is 32.2. The molecule has 1 N–H and O–H groups in total. The summed E-state index contributed by atoms with van der Waals surface area (Å²) < 4.78 is 29.1. The Bertz CT molecular complexity index is 810. The Kier molecular flexibility index (Phi) is 5.26. The Morgan fingerprint density at radius 1 is 1.36 bits per heavy atom. The average molecular weight is 366 g/mol. The Morgan fingerprint density at radius 2 is 2.16 bits per heavy atom. The summed E-state index contributed by atoms with van der Waals surface area (Å²) in [7, 11) is -3.16. The minimum absolute atomic E-state index is 0.160. The molecule has 0 aliphatic carbocycles. The summed E-state index contributed by atoms with van der Waals surface area (Å²) in [5.74, 6) is 0. The molecule has 2 aromatic heterocycles. The highest BCUT2D eigenvalue weighted by Gasteiger charge is 2.25. The van der Waals surface area contributed by atoms with Crippen LogP contribution >= 0.6 is 0 Å². The molecule has 0 radical (unpaired) electrons. The molecule has 0 saturated heterocycles. The fraction of sp³-hybridized carbons (Fsp3) is 0.625. The van der Waals surface area contributed by atoms with Gasteiger partial charge in [-0.2, -0.15) is 10.2 Å². The number of sulfonamides is 1. The smallest absolute Gasteiger partial charge is 0.208 e. The van der Waals surface area contributed by atoms with Crippen molar-refractivity contribution in [1.82, 2.24) is 29.2 Å². The normalized spacial score (nSPS) is 18.6. The van der Waals surface area contributed by atoms with Crippen LogP contribution in [-0.2, 0) is 23.1 Å². The number of aromatic nitrogens is 4. The topological polar surface area (TPSA) is 85.0 Å².